The van der Waals surface area contributed by atoms with Gasteiger partial charge >= 0.3 is 5.97 Å². The highest BCUT2D eigenvalue weighted by atomic mass is 35.5. The number of aliphatic carboxylic acids is 1. The van der Waals surface area contributed by atoms with Gasteiger partial charge in [-0.25, -0.2) is 4.79 Å². The van der Waals surface area contributed by atoms with Gasteiger partial charge in [-0.3, -0.25) is 0 Å². The fourth-order valence-electron chi connectivity index (χ4n) is 1.44. The Labute approximate surface area is 119 Å². The minimum Gasteiger partial charge on any atom is -0.488 e. The number of hydrogen-bond acceptors (Lipinski definition) is 3. The van der Waals surface area contributed by atoms with Crippen molar-refractivity contribution in [2.45, 2.75) is 6.61 Å². The predicted molar refractivity (Wildman–Crippen MR) is 76.8 cm³/mol. The third-order valence-electron chi connectivity index (χ3n) is 2.27. The summed E-state index contributed by atoms with van der Waals surface area (Å²) in [5, 5.41) is 11.1. The van der Waals surface area contributed by atoms with Crippen molar-refractivity contribution < 1.29 is 14.6 Å². The van der Waals surface area contributed by atoms with Crippen molar-refractivity contribution in [3.63, 3.8) is 0 Å². The standard InChI is InChI=1S/C14H11ClO3S/c15-11-2-1-3-12(7-11)18-8-13-6-10(9-19-13)4-5-14(16)17/h1-7,9H,8H2,(H,16,17). The highest BCUT2D eigenvalue weighted by Crippen LogP contribution is 2.21. The van der Waals surface area contributed by atoms with E-state index in [0.29, 0.717) is 17.4 Å². The Morgan fingerprint density at radius 1 is 1.42 bits per heavy atom. The van der Waals surface area contributed by atoms with Crippen LogP contribution >= 0.6 is 22.9 Å². The topological polar surface area (TPSA) is 46.5 Å². The molecule has 3 nitrogen and oxygen atoms in total. The van der Waals surface area contributed by atoms with E-state index in [-0.39, 0.29) is 0 Å². The molecule has 0 spiro atoms. The van der Waals surface area contributed by atoms with E-state index in [1.165, 1.54) is 11.3 Å². The summed E-state index contributed by atoms with van der Waals surface area (Å²) in [6.07, 6.45) is 2.67. The minimum absolute atomic E-state index is 0.436. The molecule has 0 fully saturated rings. The molecule has 0 unspecified atom stereocenters. The van der Waals surface area contributed by atoms with Gasteiger partial charge in [0.15, 0.2) is 0 Å². The Kier molecular flexibility index (Phi) is 4.60. The average molecular weight is 295 g/mol. The van der Waals surface area contributed by atoms with Crippen molar-refractivity contribution in [1.82, 2.24) is 0 Å². The zero-order valence-corrected chi connectivity index (χ0v) is 11.4. The van der Waals surface area contributed by atoms with Gasteiger partial charge in [0.05, 0.1) is 0 Å². The van der Waals surface area contributed by atoms with Crippen molar-refractivity contribution in [2.75, 3.05) is 0 Å². The maximum absolute atomic E-state index is 10.4. The van der Waals surface area contributed by atoms with Crippen molar-refractivity contribution in [2.24, 2.45) is 0 Å². The van der Waals surface area contributed by atoms with E-state index in [4.69, 9.17) is 21.4 Å². The molecule has 0 atom stereocenters. The van der Waals surface area contributed by atoms with Crippen LogP contribution in [0.25, 0.3) is 6.08 Å². The monoisotopic (exact) mass is 294 g/mol. The van der Waals surface area contributed by atoms with Gasteiger partial charge in [-0.2, -0.15) is 0 Å². The quantitative estimate of drug-likeness (QED) is 0.845. The summed E-state index contributed by atoms with van der Waals surface area (Å²) in [6, 6.07) is 9.10. The second-order valence-electron chi connectivity index (χ2n) is 3.76. The van der Waals surface area contributed by atoms with Crippen molar-refractivity contribution >= 4 is 35.0 Å². The van der Waals surface area contributed by atoms with Crippen LogP contribution in [0.1, 0.15) is 10.4 Å². The smallest absolute Gasteiger partial charge is 0.328 e. The SMILES string of the molecule is O=C(O)C=Cc1csc(COc2cccc(Cl)c2)c1. The molecule has 98 valence electrons. The summed E-state index contributed by atoms with van der Waals surface area (Å²) >= 11 is 7.38. The third-order valence-corrected chi connectivity index (χ3v) is 3.43. The molecule has 0 amide bonds. The molecule has 0 aliphatic rings. The first-order chi connectivity index (χ1) is 9.13. The summed E-state index contributed by atoms with van der Waals surface area (Å²) in [7, 11) is 0. The number of carboxylic acid groups (broad SMARTS) is 1. The lowest BCUT2D eigenvalue weighted by molar-refractivity contribution is -0.131. The molecule has 2 aromatic rings. The molecule has 0 radical (unpaired) electrons. The summed E-state index contributed by atoms with van der Waals surface area (Å²) in [4.78, 5) is 11.4. The maximum Gasteiger partial charge on any atom is 0.328 e. The highest BCUT2D eigenvalue weighted by molar-refractivity contribution is 7.10. The van der Waals surface area contributed by atoms with Gasteiger partial charge in [-0.15, -0.1) is 11.3 Å². The summed E-state index contributed by atoms with van der Waals surface area (Å²) < 4.78 is 5.60. The molecule has 0 saturated heterocycles. The molecular weight excluding hydrogens is 284 g/mol. The van der Waals surface area contributed by atoms with Crippen LogP contribution in [0.4, 0.5) is 0 Å². The van der Waals surface area contributed by atoms with Gasteiger partial charge in [-0.1, -0.05) is 17.7 Å². The summed E-state index contributed by atoms with van der Waals surface area (Å²) in [5.74, 6) is -0.244. The molecule has 19 heavy (non-hydrogen) atoms. The second kappa shape index (κ2) is 6.41. The number of carbonyl (C=O) groups is 1. The van der Waals surface area contributed by atoms with Crippen molar-refractivity contribution in [3.8, 4) is 5.75 Å². The molecule has 1 N–H and O–H groups in total. The van der Waals surface area contributed by atoms with E-state index in [1.807, 2.05) is 23.6 Å². The summed E-state index contributed by atoms with van der Waals surface area (Å²) in [6.45, 7) is 0.436. The van der Waals surface area contributed by atoms with E-state index >= 15 is 0 Å². The molecular formula is C14H11ClO3S. The Bertz CT molecular complexity index is 604. The van der Waals surface area contributed by atoms with Crippen LogP contribution in [0.2, 0.25) is 5.02 Å². The first kappa shape index (κ1) is 13.6. The van der Waals surface area contributed by atoms with Crippen LogP contribution in [0.15, 0.2) is 41.8 Å². The van der Waals surface area contributed by atoms with Gasteiger partial charge in [0.2, 0.25) is 0 Å². The van der Waals surface area contributed by atoms with Crippen molar-refractivity contribution in [1.29, 1.82) is 0 Å². The molecule has 1 aromatic heterocycles. The van der Waals surface area contributed by atoms with Crippen molar-refractivity contribution in [3.05, 3.63) is 57.3 Å². The first-order valence-electron chi connectivity index (χ1n) is 5.50. The van der Waals surface area contributed by atoms with Crippen LogP contribution in [-0.4, -0.2) is 11.1 Å². The molecule has 1 heterocycles. The van der Waals surface area contributed by atoms with Gasteiger partial charge in [0.1, 0.15) is 12.4 Å². The van der Waals surface area contributed by atoms with Crippen LogP contribution in [0, 0.1) is 0 Å². The van der Waals surface area contributed by atoms with Crippen LogP contribution in [0.3, 0.4) is 0 Å². The van der Waals surface area contributed by atoms with Crippen LogP contribution in [0.5, 0.6) is 5.75 Å². The molecule has 2 rings (SSSR count). The Morgan fingerprint density at radius 3 is 3.00 bits per heavy atom. The molecule has 1 aromatic carbocycles. The Morgan fingerprint density at radius 2 is 2.26 bits per heavy atom. The fourth-order valence-corrected chi connectivity index (χ4v) is 2.38. The largest absolute Gasteiger partial charge is 0.488 e. The average Bonchev–Trinajstić information content (AvgIpc) is 2.82. The zero-order chi connectivity index (χ0) is 13.7. The Hall–Kier alpha value is -1.78. The lowest BCUT2D eigenvalue weighted by atomic mass is 10.3. The van der Waals surface area contributed by atoms with E-state index in [1.54, 1.807) is 18.2 Å². The molecule has 0 aliphatic carbocycles. The lowest BCUT2D eigenvalue weighted by Crippen LogP contribution is -1.92. The predicted octanol–water partition coefficient (Wildman–Crippen LogP) is 4.08. The van der Waals surface area contributed by atoms with E-state index in [2.05, 4.69) is 0 Å². The van der Waals surface area contributed by atoms with E-state index in [9.17, 15) is 4.79 Å². The van der Waals surface area contributed by atoms with Gasteiger partial charge in [0.25, 0.3) is 0 Å². The normalized spacial score (nSPS) is 10.8. The molecule has 0 saturated carbocycles. The third kappa shape index (κ3) is 4.43. The van der Waals surface area contributed by atoms with Gasteiger partial charge in [0, 0.05) is 16.0 Å². The molecule has 5 heteroatoms. The number of ether oxygens (including phenoxy) is 1. The van der Waals surface area contributed by atoms with Gasteiger partial charge in [-0.05, 0) is 41.3 Å². The highest BCUT2D eigenvalue weighted by Gasteiger charge is 2.00. The minimum atomic E-state index is -0.956. The summed E-state index contributed by atoms with van der Waals surface area (Å²) in [5.41, 5.74) is 0.858. The molecule has 0 bridgehead atoms. The second-order valence-corrected chi connectivity index (χ2v) is 5.20. The van der Waals surface area contributed by atoms with E-state index < -0.39 is 5.97 Å². The van der Waals surface area contributed by atoms with Crippen LogP contribution in [-0.2, 0) is 11.4 Å². The molecule has 0 aliphatic heterocycles. The first-order valence-corrected chi connectivity index (χ1v) is 6.76. The van der Waals surface area contributed by atoms with Crippen LogP contribution < -0.4 is 4.74 Å². The number of benzene rings is 1. The maximum atomic E-state index is 10.4. The van der Waals surface area contributed by atoms with Gasteiger partial charge < -0.3 is 9.84 Å². The fraction of sp³-hybridized carbons (Fsp3) is 0.0714. The number of hydrogen-bond donors (Lipinski definition) is 1. The Balaban J connectivity index is 1.95. The number of halogens is 1. The number of rotatable bonds is 5. The lowest BCUT2D eigenvalue weighted by Gasteiger charge is -2.04. The number of thiophene rings is 1. The van der Waals surface area contributed by atoms with E-state index in [0.717, 1.165) is 16.5 Å². The number of carboxylic acids is 1. The zero-order valence-electron chi connectivity index (χ0n) is 9.88.